The molecular weight excluding hydrogens is 440 g/mol. The van der Waals surface area contributed by atoms with Crippen LogP contribution in [0, 0.1) is 0 Å². The largest absolute Gasteiger partial charge is 0.478 e. The van der Waals surface area contributed by atoms with Gasteiger partial charge in [-0.1, -0.05) is 70.2 Å². The third-order valence-electron chi connectivity index (χ3n) is 4.70. The van der Waals surface area contributed by atoms with Crippen LogP contribution in [0.15, 0.2) is 43.0 Å². The summed E-state index contributed by atoms with van der Waals surface area (Å²) in [5.41, 5.74) is 0. The van der Waals surface area contributed by atoms with Crippen LogP contribution in [-0.4, -0.2) is 73.3 Å². The summed E-state index contributed by atoms with van der Waals surface area (Å²) in [6.45, 7) is 7.30. The molecule has 1 unspecified atom stereocenters. The fourth-order valence-electron chi connectivity index (χ4n) is 2.95. The topological polar surface area (TPSA) is 115 Å². The molecule has 8 heteroatoms. The van der Waals surface area contributed by atoms with Crippen LogP contribution >= 0.6 is 0 Å². The van der Waals surface area contributed by atoms with Crippen molar-refractivity contribution in [1.82, 2.24) is 0 Å². The Balaban J connectivity index is 0.00000196. The second-order valence-corrected chi connectivity index (χ2v) is 7.78. The molecule has 0 aromatic heterocycles. The highest BCUT2D eigenvalue weighted by atomic mass is 16.7. The van der Waals surface area contributed by atoms with Gasteiger partial charge in [0.25, 0.3) is 0 Å². The second-order valence-electron chi connectivity index (χ2n) is 7.78. The Morgan fingerprint density at radius 1 is 0.912 bits per heavy atom. The minimum Gasteiger partial charge on any atom is -0.478 e. The van der Waals surface area contributed by atoms with E-state index in [0.29, 0.717) is 45.2 Å². The number of aliphatic hydroxyl groups excluding tert-OH is 1. The van der Waals surface area contributed by atoms with Crippen molar-refractivity contribution in [2.24, 2.45) is 0 Å². The molecule has 8 nitrogen and oxygen atoms in total. The van der Waals surface area contributed by atoms with E-state index in [1.165, 1.54) is 32.1 Å². The maximum absolute atomic E-state index is 11.0. The first-order valence-corrected chi connectivity index (χ1v) is 12.1. The van der Waals surface area contributed by atoms with Gasteiger partial charge in [0.15, 0.2) is 0 Å². The molecule has 1 rings (SSSR count). The van der Waals surface area contributed by atoms with E-state index >= 15 is 0 Å². The van der Waals surface area contributed by atoms with E-state index in [0.717, 1.165) is 18.9 Å². The molecule has 0 aliphatic heterocycles. The SMILES string of the molecule is C=CC(=O)O.CCCCCCCCCC(O)(COCCOCCOCCO)Oc1ccccc1. The van der Waals surface area contributed by atoms with Crippen LogP contribution in [0.4, 0.5) is 0 Å². The molecule has 1 aromatic rings. The van der Waals surface area contributed by atoms with Gasteiger partial charge in [0.05, 0.1) is 39.6 Å². The molecule has 196 valence electrons. The molecular formula is C26H44O8. The molecule has 0 saturated carbocycles. The zero-order chi connectivity index (χ0) is 25.3. The fourth-order valence-corrected chi connectivity index (χ4v) is 2.95. The normalized spacial score (nSPS) is 12.3. The first kappa shape index (κ1) is 32.0. The van der Waals surface area contributed by atoms with Crippen LogP contribution < -0.4 is 4.74 Å². The molecule has 1 atom stereocenters. The van der Waals surface area contributed by atoms with Gasteiger partial charge in [-0.3, -0.25) is 0 Å². The van der Waals surface area contributed by atoms with Crippen molar-refractivity contribution in [1.29, 1.82) is 0 Å². The minimum absolute atomic E-state index is 0.0157. The number of hydrogen-bond donors (Lipinski definition) is 3. The van der Waals surface area contributed by atoms with Gasteiger partial charge in [0.2, 0.25) is 5.79 Å². The number of ether oxygens (including phenoxy) is 4. The van der Waals surface area contributed by atoms with Gasteiger partial charge in [-0.25, -0.2) is 4.79 Å². The Bertz CT molecular complexity index is 596. The van der Waals surface area contributed by atoms with Crippen LogP contribution in [0.25, 0.3) is 0 Å². The van der Waals surface area contributed by atoms with E-state index in [9.17, 15) is 9.90 Å². The third-order valence-corrected chi connectivity index (χ3v) is 4.70. The highest BCUT2D eigenvalue weighted by Gasteiger charge is 2.29. The number of unbranched alkanes of at least 4 members (excludes halogenated alkanes) is 6. The first-order chi connectivity index (χ1) is 16.5. The summed E-state index contributed by atoms with van der Waals surface area (Å²) >= 11 is 0. The lowest BCUT2D eigenvalue weighted by molar-refractivity contribution is -0.185. The third kappa shape index (κ3) is 20.6. The highest BCUT2D eigenvalue weighted by Crippen LogP contribution is 2.22. The summed E-state index contributed by atoms with van der Waals surface area (Å²) < 4.78 is 22.0. The number of aliphatic hydroxyl groups is 2. The van der Waals surface area contributed by atoms with Crippen LogP contribution in [0.2, 0.25) is 0 Å². The van der Waals surface area contributed by atoms with Crippen LogP contribution in [0.3, 0.4) is 0 Å². The Hall–Kier alpha value is -1.97. The quantitative estimate of drug-likeness (QED) is 0.135. The number of carbonyl (C=O) groups is 1. The van der Waals surface area contributed by atoms with Crippen molar-refractivity contribution in [2.75, 3.05) is 46.2 Å². The molecule has 0 saturated heterocycles. The average molecular weight is 485 g/mol. The van der Waals surface area contributed by atoms with Crippen molar-refractivity contribution in [3.05, 3.63) is 43.0 Å². The van der Waals surface area contributed by atoms with Gasteiger partial charge in [-0.2, -0.15) is 0 Å². The zero-order valence-corrected chi connectivity index (χ0v) is 20.7. The first-order valence-electron chi connectivity index (χ1n) is 12.1. The van der Waals surface area contributed by atoms with Crippen molar-refractivity contribution in [2.45, 2.75) is 64.1 Å². The summed E-state index contributed by atoms with van der Waals surface area (Å²) in [5, 5.41) is 27.2. The lowest BCUT2D eigenvalue weighted by atomic mass is 10.0. The summed E-state index contributed by atoms with van der Waals surface area (Å²) in [6, 6.07) is 9.37. The summed E-state index contributed by atoms with van der Waals surface area (Å²) in [7, 11) is 0. The van der Waals surface area contributed by atoms with Crippen LogP contribution in [-0.2, 0) is 19.0 Å². The molecule has 0 amide bonds. The number of rotatable bonds is 21. The van der Waals surface area contributed by atoms with E-state index < -0.39 is 11.8 Å². The van der Waals surface area contributed by atoms with Gasteiger partial charge >= 0.3 is 5.97 Å². The Morgan fingerprint density at radius 2 is 1.44 bits per heavy atom. The monoisotopic (exact) mass is 484 g/mol. The molecule has 0 radical (unpaired) electrons. The lowest BCUT2D eigenvalue weighted by Gasteiger charge is -2.29. The average Bonchev–Trinajstić information content (AvgIpc) is 2.83. The standard InChI is InChI=1S/C23H40O6.C3H4O2/c1-2-3-4-5-6-7-11-14-23(25,29-22-12-9-8-10-13-22)21-28-20-19-27-18-17-26-16-15-24;1-2-3(4)5/h8-10,12-13,24-25H,2-7,11,14-21H2,1H3;2H,1H2,(H,4,5). The molecule has 0 aliphatic rings. The predicted molar refractivity (Wildman–Crippen MR) is 132 cm³/mol. The van der Waals surface area contributed by atoms with E-state index in [1.807, 2.05) is 30.3 Å². The molecule has 3 N–H and O–H groups in total. The molecule has 0 bridgehead atoms. The fraction of sp³-hybridized carbons (Fsp3) is 0.654. The number of aliphatic carboxylic acids is 1. The van der Waals surface area contributed by atoms with Crippen molar-refractivity contribution < 1.29 is 39.1 Å². The molecule has 0 heterocycles. The van der Waals surface area contributed by atoms with Gasteiger partial charge in [-0.05, 0) is 18.6 Å². The van der Waals surface area contributed by atoms with E-state index in [2.05, 4.69) is 13.5 Å². The molecule has 1 aromatic carbocycles. The van der Waals surface area contributed by atoms with E-state index in [4.69, 9.17) is 29.2 Å². The molecule has 0 aliphatic carbocycles. The Labute approximate surface area is 204 Å². The number of carboxylic acid groups (broad SMARTS) is 1. The summed E-state index contributed by atoms with van der Waals surface area (Å²) in [5.74, 6) is -1.68. The molecule has 0 fully saturated rings. The Kier molecular flexibility index (Phi) is 21.5. The lowest BCUT2D eigenvalue weighted by Crippen LogP contribution is -2.41. The number of benzene rings is 1. The zero-order valence-electron chi connectivity index (χ0n) is 20.7. The minimum atomic E-state index is -1.34. The van der Waals surface area contributed by atoms with Crippen LogP contribution in [0.5, 0.6) is 5.75 Å². The Morgan fingerprint density at radius 3 is 2.00 bits per heavy atom. The van der Waals surface area contributed by atoms with Gasteiger partial charge in [-0.15, -0.1) is 0 Å². The maximum atomic E-state index is 11.0. The highest BCUT2D eigenvalue weighted by molar-refractivity contribution is 5.78. The summed E-state index contributed by atoms with van der Waals surface area (Å²) in [4.78, 5) is 9.25. The summed E-state index contributed by atoms with van der Waals surface area (Å²) in [6.07, 6.45) is 9.63. The predicted octanol–water partition coefficient (Wildman–Crippen LogP) is 4.19. The van der Waals surface area contributed by atoms with Gasteiger partial charge in [0, 0.05) is 12.5 Å². The van der Waals surface area contributed by atoms with Gasteiger partial charge in [0.1, 0.15) is 12.4 Å². The molecule has 34 heavy (non-hydrogen) atoms. The second kappa shape index (κ2) is 22.8. The molecule has 0 spiro atoms. The maximum Gasteiger partial charge on any atom is 0.327 e. The number of hydrogen-bond acceptors (Lipinski definition) is 7. The van der Waals surface area contributed by atoms with Crippen molar-refractivity contribution >= 4 is 5.97 Å². The van der Waals surface area contributed by atoms with Crippen molar-refractivity contribution in [3.63, 3.8) is 0 Å². The van der Waals surface area contributed by atoms with E-state index in [1.54, 1.807) is 0 Å². The van der Waals surface area contributed by atoms with Gasteiger partial charge < -0.3 is 34.3 Å². The number of para-hydroxylation sites is 1. The number of carboxylic acids is 1. The van der Waals surface area contributed by atoms with E-state index in [-0.39, 0.29) is 13.2 Å². The van der Waals surface area contributed by atoms with Crippen molar-refractivity contribution in [3.8, 4) is 5.75 Å². The van der Waals surface area contributed by atoms with Crippen LogP contribution in [0.1, 0.15) is 58.3 Å². The smallest absolute Gasteiger partial charge is 0.327 e.